The van der Waals surface area contributed by atoms with Crippen LogP contribution >= 0.6 is 0 Å². The second-order valence-electron chi connectivity index (χ2n) is 5.37. The van der Waals surface area contributed by atoms with Crippen molar-refractivity contribution >= 4 is 11.9 Å². The summed E-state index contributed by atoms with van der Waals surface area (Å²) in [5.74, 6) is -0.602. The molecule has 1 aromatic rings. The molecular weight excluding hydrogens is 268 g/mol. The van der Waals surface area contributed by atoms with E-state index in [4.69, 9.17) is 10.5 Å². The van der Waals surface area contributed by atoms with Gasteiger partial charge in [0.2, 0.25) is 5.91 Å². The molecule has 1 saturated heterocycles. The lowest BCUT2D eigenvalue weighted by atomic mass is 9.98. The Kier molecular flexibility index (Phi) is 5.75. The molecule has 0 aliphatic carbocycles. The molecule has 3 N–H and O–H groups in total. The van der Waals surface area contributed by atoms with E-state index in [0.717, 1.165) is 31.5 Å². The van der Waals surface area contributed by atoms with Gasteiger partial charge < -0.3 is 15.8 Å². The monoisotopic (exact) mass is 290 g/mol. The summed E-state index contributed by atoms with van der Waals surface area (Å²) >= 11 is 0. The Hall–Kier alpha value is -1.88. The van der Waals surface area contributed by atoms with E-state index >= 15 is 0 Å². The summed E-state index contributed by atoms with van der Waals surface area (Å²) in [6.45, 7) is 1.69. The molecule has 1 aliphatic heterocycles. The van der Waals surface area contributed by atoms with Crippen LogP contribution in [0, 0.1) is 5.92 Å². The van der Waals surface area contributed by atoms with E-state index in [-0.39, 0.29) is 24.2 Å². The number of esters is 1. The Bertz CT molecular complexity index is 470. The van der Waals surface area contributed by atoms with Gasteiger partial charge >= 0.3 is 5.97 Å². The zero-order valence-corrected chi connectivity index (χ0v) is 12.1. The minimum absolute atomic E-state index is 0.0500. The van der Waals surface area contributed by atoms with Gasteiger partial charge in [-0.2, -0.15) is 0 Å². The smallest absolute Gasteiger partial charge is 0.309 e. The molecule has 1 atom stereocenters. The quantitative estimate of drug-likeness (QED) is 0.779. The number of nitrogens with two attached hydrogens (primary N) is 1. The van der Waals surface area contributed by atoms with Crippen molar-refractivity contribution in [3.8, 4) is 0 Å². The molecule has 1 unspecified atom stereocenters. The summed E-state index contributed by atoms with van der Waals surface area (Å²) in [5, 5.41) is 3.23. The molecule has 2 rings (SSSR count). The first-order valence-electron chi connectivity index (χ1n) is 7.41. The first-order chi connectivity index (χ1) is 10.2. The van der Waals surface area contributed by atoms with Crippen LogP contribution in [-0.4, -0.2) is 25.0 Å². The maximum Gasteiger partial charge on any atom is 0.309 e. The van der Waals surface area contributed by atoms with Gasteiger partial charge in [0, 0.05) is 6.42 Å². The van der Waals surface area contributed by atoms with Crippen LogP contribution in [0.3, 0.4) is 0 Å². The summed E-state index contributed by atoms with van der Waals surface area (Å²) < 4.78 is 5.65. The van der Waals surface area contributed by atoms with Gasteiger partial charge in [-0.25, -0.2) is 0 Å². The third-order valence-electron chi connectivity index (χ3n) is 3.76. The number of amides is 1. The SMILES string of the molecule is NC(=O)CCC(OC(=O)C1CCNCC1)c1ccccc1. The molecule has 1 fully saturated rings. The highest BCUT2D eigenvalue weighted by molar-refractivity contribution is 5.74. The first-order valence-corrected chi connectivity index (χ1v) is 7.41. The second-order valence-corrected chi connectivity index (χ2v) is 5.37. The minimum Gasteiger partial charge on any atom is -0.457 e. The second kappa shape index (κ2) is 7.78. The number of carbonyl (C=O) groups is 2. The zero-order valence-electron chi connectivity index (χ0n) is 12.1. The highest BCUT2D eigenvalue weighted by atomic mass is 16.5. The minimum atomic E-state index is -0.402. The van der Waals surface area contributed by atoms with E-state index in [2.05, 4.69) is 5.32 Å². The molecule has 1 heterocycles. The lowest BCUT2D eigenvalue weighted by molar-refractivity contribution is -0.156. The fraction of sp³-hybridized carbons (Fsp3) is 0.500. The summed E-state index contributed by atoms with van der Waals surface area (Å²) in [6, 6.07) is 9.50. The Morgan fingerprint density at radius 1 is 1.24 bits per heavy atom. The molecule has 1 aliphatic rings. The van der Waals surface area contributed by atoms with Crippen molar-refractivity contribution in [2.45, 2.75) is 31.8 Å². The predicted octanol–water partition coefficient (Wildman–Crippen LogP) is 1.54. The fourth-order valence-corrected chi connectivity index (χ4v) is 2.53. The van der Waals surface area contributed by atoms with Crippen molar-refractivity contribution in [3.63, 3.8) is 0 Å². The van der Waals surface area contributed by atoms with E-state index in [1.165, 1.54) is 0 Å². The lowest BCUT2D eigenvalue weighted by Crippen LogP contribution is -2.33. The maximum atomic E-state index is 12.3. The van der Waals surface area contributed by atoms with Crippen LogP contribution in [0.1, 0.15) is 37.4 Å². The molecule has 0 radical (unpaired) electrons. The molecule has 5 nitrogen and oxygen atoms in total. The van der Waals surface area contributed by atoms with Crippen LogP contribution in [0.25, 0.3) is 0 Å². The third kappa shape index (κ3) is 4.86. The standard InChI is InChI=1S/C16H22N2O3/c17-15(19)7-6-14(12-4-2-1-3-5-12)21-16(20)13-8-10-18-11-9-13/h1-5,13-14,18H,6-11H2,(H2,17,19). The van der Waals surface area contributed by atoms with Gasteiger partial charge in [-0.1, -0.05) is 30.3 Å². The van der Waals surface area contributed by atoms with E-state index in [1.54, 1.807) is 0 Å². The van der Waals surface area contributed by atoms with Crippen molar-refractivity contribution in [1.29, 1.82) is 0 Å². The zero-order chi connectivity index (χ0) is 15.1. The Morgan fingerprint density at radius 3 is 2.52 bits per heavy atom. The normalized spacial score (nSPS) is 17.1. The lowest BCUT2D eigenvalue weighted by Gasteiger charge is -2.24. The number of ether oxygens (including phenoxy) is 1. The molecular formula is C16H22N2O3. The Labute approximate surface area is 124 Å². The molecule has 21 heavy (non-hydrogen) atoms. The average molecular weight is 290 g/mol. The van der Waals surface area contributed by atoms with Gasteiger partial charge in [0.15, 0.2) is 0 Å². The number of primary amides is 1. The number of benzene rings is 1. The Morgan fingerprint density at radius 2 is 1.90 bits per heavy atom. The van der Waals surface area contributed by atoms with Crippen LogP contribution in [-0.2, 0) is 14.3 Å². The van der Waals surface area contributed by atoms with Crippen LogP contribution in [0.2, 0.25) is 0 Å². The van der Waals surface area contributed by atoms with Crippen molar-refractivity contribution in [1.82, 2.24) is 5.32 Å². The van der Waals surface area contributed by atoms with Gasteiger partial charge in [0.1, 0.15) is 6.10 Å². The molecule has 1 aromatic carbocycles. The molecule has 5 heteroatoms. The van der Waals surface area contributed by atoms with Crippen LogP contribution in [0.5, 0.6) is 0 Å². The molecule has 1 amide bonds. The number of hydrogen-bond donors (Lipinski definition) is 2. The van der Waals surface area contributed by atoms with E-state index < -0.39 is 6.10 Å². The fourth-order valence-electron chi connectivity index (χ4n) is 2.53. The van der Waals surface area contributed by atoms with Gasteiger partial charge in [-0.15, -0.1) is 0 Å². The highest BCUT2D eigenvalue weighted by Gasteiger charge is 2.26. The van der Waals surface area contributed by atoms with Gasteiger partial charge in [-0.05, 0) is 37.9 Å². The first kappa shape index (κ1) is 15.5. The summed E-state index contributed by atoms with van der Waals surface area (Å²) in [4.78, 5) is 23.3. The molecule has 0 spiro atoms. The Balaban J connectivity index is 2.00. The van der Waals surface area contributed by atoms with Crippen molar-refractivity contribution in [3.05, 3.63) is 35.9 Å². The van der Waals surface area contributed by atoms with Crippen LogP contribution in [0.15, 0.2) is 30.3 Å². The van der Waals surface area contributed by atoms with E-state index in [0.29, 0.717) is 6.42 Å². The number of hydrogen-bond acceptors (Lipinski definition) is 4. The summed E-state index contributed by atoms with van der Waals surface area (Å²) in [7, 11) is 0. The molecule has 114 valence electrons. The highest BCUT2D eigenvalue weighted by Crippen LogP contribution is 2.25. The number of carbonyl (C=O) groups excluding carboxylic acids is 2. The molecule has 0 bridgehead atoms. The van der Waals surface area contributed by atoms with Gasteiger partial charge in [0.05, 0.1) is 5.92 Å². The number of nitrogens with one attached hydrogen (secondary N) is 1. The van der Waals surface area contributed by atoms with Crippen LogP contribution in [0.4, 0.5) is 0 Å². The largest absolute Gasteiger partial charge is 0.457 e. The van der Waals surface area contributed by atoms with E-state index in [9.17, 15) is 9.59 Å². The molecule has 0 aromatic heterocycles. The number of piperidine rings is 1. The average Bonchev–Trinajstić information content (AvgIpc) is 2.52. The number of rotatable bonds is 6. The van der Waals surface area contributed by atoms with Crippen molar-refractivity contribution in [2.24, 2.45) is 11.7 Å². The van der Waals surface area contributed by atoms with Crippen molar-refractivity contribution < 1.29 is 14.3 Å². The van der Waals surface area contributed by atoms with Crippen molar-refractivity contribution in [2.75, 3.05) is 13.1 Å². The van der Waals surface area contributed by atoms with E-state index in [1.807, 2.05) is 30.3 Å². The summed E-state index contributed by atoms with van der Waals surface area (Å²) in [5.41, 5.74) is 6.11. The van der Waals surface area contributed by atoms with Crippen LogP contribution < -0.4 is 11.1 Å². The summed E-state index contributed by atoms with van der Waals surface area (Å²) in [6.07, 6.45) is 1.84. The third-order valence-corrected chi connectivity index (χ3v) is 3.76. The molecule has 0 saturated carbocycles. The maximum absolute atomic E-state index is 12.3. The predicted molar refractivity (Wildman–Crippen MR) is 79.3 cm³/mol. The van der Waals surface area contributed by atoms with Gasteiger partial charge in [-0.3, -0.25) is 9.59 Å². The topological polar surface area (TPSA) is 81.4 Å². The van der Waals surface area contributed by atoms with Gasteiger partial charge in [0.25, 0.3) is 0 Å².